The van der Waals surface area contributed by atoms with Gasteiger partial charge in [0.25, 0.3) is 0 Å². The lowest BCUT2D eigenvalue weighted by Crippen LogP contribution is -2.15. The molecule has 0 spiro atoms. The lowest BCUT2D eigenvalue weighted by molar-refractivity contribution is 0.686. The number of nitrogens with one attached hydrogen (secondary N) is 1. The SMILES string of the molecule is Cc1ccc(CNC2CC2)cc1-n1cccn1. The molecule has 1 aromatic carbocycles. The fourth-order valence-electron chi connectivity index (χ4n) is 1.97. The molecule has 1 fully saturated rings. The first-order chi connectivity index (χ1) is 8.33. The highest BCUT2D eigenvalue weighted by atomic mass is 15.3. The zero-order chi connectivity index (χ0) is 11.7. The van der Waals surface area contributed by atoms with Crippen LogP contribution in [0.4, 0.5) is 0 Å². The van der Waals surface area contributed by atoms with Crippen LogP contribution in [0, 0.1) is 6.92 Å². The Labute approximate surface area is 101 Å². The Hall–Kier alpha value is -1.61. The average Bonchev–Trinajstić information content (AvgIpc) is 3.01. The minimum absolute atomic E-state index is 0.754. The molecule has 3 nitrogen and oxygen atoms in total. The highest BCUT2D eigenvalue weighted by molar-refractivity contribution is 5.42. The second-order valence-electron chi connectivity index (χ2n) is 4.73. The van der Waals surface area contributed by atoms with E-state index in [2.05, 4.69) is 35.5 Å². The lowest BCUT2D eigenvalue weighted by atomic mass is 10.1. The van der Waals surface area contributed by atoms with E-state index in [0.29, 0.717) is 0 Å². The standard InChI is InChI=1S/C14H17N3/c1-11-3-4-12(10-15-13-5-6-13)9-14(11)17-8-2-7-16-17/h2-4,7-9,13,15H,5-6,10H2,1H3. The first-order valence-corrected chi connectivity index (χ1v) is 6.16. The molecule has 1 N–H and O–H groups in total. The second kappa shape index (κ2) is 4.34. The molecular formula is C14H17N3. The molecule has 17 heavy (non-hydrogen) atoms. The van der Waals surface area contributed by atoms with Crippen LogP contribution in [-0.2, 0) is 6.54 Å². The molecule has 0 saturated heterocycles. The molecule has 1 saturated carbocycles. The van der Waals surface area contributed by atoms with Crippen molar-refractivity contribution in [3.63, 3.8) is 0 Å². The summed E-state index contributed by atoms with van der Waals surface area (Å²) in [6.07, 6.45) is 6.46. The molecule has 0 aliphatic heterocycles. The molecule has 1 aliphatic carbocycles. The zero-order valence-electron chi connectivity index (χ0n) is 10.1. The van der Waals surface area contributed by atoms with E-state index in [1.807, 2.05) is 23.1 Å². The molecule has 0 bridgehead atoms. The summed E-state index contributed by atoms with van der Waals surface area (Å²) in [7, 11) is 0. The number of rotatable bonds is 4. The summed E-state index contributed by atoms with van der Waals surface area (Å²) >= 11 is 0. The van der Waals surface area contributed by atoms with Crippen molar-refractivity contribution in [3.05, 3.63) is 47.8 Å². The van der Waals surface area contributed by atoms with E-state index >= 15 is 0 Å². The summed E-state index contributed by atoms with van der Waals surface area (Å²) in [4.78, 5) is 0. The third-order valence-corrected chi connectivity index (χ3v) is 3.20. The Morgan fingerprint density at radius 3 is 3.00 bits per heavy atom. The molecule has 3 rings (SSSR count). The molecule has 0 atom stereocenters. The molecule has 1 aromatic heterocycles. The van der Waals surface area contributed by atoms with Crippen LogP contribution >= 0.6 is 0 Å². The van der Waals surface area contributed by atoms with E-state index in [0.717, 1.165) is 12.6 Å². The van der Waals surface area contributed by atoms with Gasteiger partial charge in [-0.25, -0.2) is 4.68 Å². The van der Waals surface area contributed by atoms with Crippen molar-refractivity contribution >= 4 is 0 Å². The summed E-state index contributed by atoms with van der Waals surface area (Å²) in [5.41, 5.74) is 3.75. The van der Waals surface area contributed by atoms with E-state index in [1.54, 1.807) is 0 Å². The molecule has 88 valence electrons. The van der Waals surface area contributed by atoms with Gasteiger partial charge in [-0.15, -0.1) is 0 Å². The summed E-state index contributed by atoms with van der Waals surface area (Å²) in [5, 5.41) is 7.83. The number of hydrogen-bond donors (Lipinski definition) is 1. The lowest BCUT2D eigenvalue weighted by Gasteiger charge is -2.09. The first-order valence-electron chi connectivity index (χ1n) is 6.16. The van der Waals surface area contributed by atoms with Crippen molar-refractivity contribution in [3.8, 4) is 5.69 Å². The fraction of sp³-hybridized carbons (Fsp3) is 0.357. The maximum atomic E-state index is 4.29. The van der Waals surface area contributed by atoms with Gasteiger partial charge in [-0.2, -0.15) is 5.10 Å². The summed E-state index contributed by atoms with van der Waals surface area (Å²) < 4.78 is 1.93. The molecule has 2 aromatic rings. The van der Waals surface area contributed by atoms with Crippen LogP contribution in [0.15, 0.2) is 36.7 Å². The van der Waals surface area contributed by atoms with Gasteiger partial charge in [0.15, 0.2) is 0 Å². The Balaban J connectivity index is 1.83. The molecule has 0 radical (unpaired) electrons. The van der Waals surface area contributed by atoms with Gasteiger partial charge in [-0.3, -0.25) is 0 Å². The van der Waals surface area contributed by atoms with Gasteiger partial charge < -0.3 is 5.32 Å². The number of nitrogens with zero attached hydrogens (tertiary/aromatic N) is 2. The molecule has 0 amide bonds. The number of benzene rings is 1. The van der Waals surface area contributed by atoms with Crippen molar-refractivity contribution in [1.82, 2.24) is 15.1 Å². The predicted octanol–water partition coefficient (Wildman–Crippen LogP) is 2.43. The second-order valence-corrected chi connectivity index (χ2v) is 4.73. The Morgan fingerprint density at radius 2 is 2.29 bits per heavy atom. The van der Waals surface area contributed by atoms with Crippen molar-refractivity contribution in [2.75, 3.05) is 0 Å². The monoisotopic (exact) mass is 227 g/mol. The third kappa shape index (κ3) is 2.39. The minimum Gasteiger partial charge on any atom is -0.310 e. The highest BCUT2D eigenvalue weighted by Crippen LogP contribution is 2.20. The normalized spacial score (nSPS) is 15.1. The highest BCUT2D eigenvalue weighted by Gasteiger charge is 2.19. The maximum Gasteiger partial charge on any atom is 0.0677 e. The molecule has 1 aliphatic rings. The van der Waals surface area contributed by atoms with E-state index in [-0.39, 0.29) is 0 Å². The number of aryl methyl sites for hydroxylation is 1. The van der Waals surface area contributed by atoms with Crippen LogP contribution in [0.1, 0.15) is 24.0 Å². The largest absolute Gasteiger partial charge is 0.310 e. The van der Waals surface area contributed by atoms with E-state index in [9.17, 15) is 0 Å². The number of hydrogen-bond acceptors (Lipinski definition) is 2. The van der Waals surface area contributed by atoms with Crippen LogP contribution in [0.25, 0.3) is 5.69 Å². The van der Waals surface area contributed by atoms with Gasteiger partial charge in [0, 0.05) is 25.0 Å². The molecular weight excluding hydrogens is 210 g/mol. The van der Waals surface area contributed by atoms with Crippen molar-refractivity contribution in [2.24, 2.45) is 0 Å². The molecule has 1 heterocycles. The Kier molecular flexibility index (Phi) is 2.69. The fourth-order valence-corrected chi connectivity index (χ4v) is 1.97. The predicted molar refractivity (Wildman–Crippen MR) is 68.2 cm³/mol. The first kappa shape index (κ1) is 10.5. The van der Waals surface area contributed by atoms with Crippen molar-refractivity contribution < 1.29 is 0 Å². The molecule has 3 heteroatoms. The quantitative estimate of drug-likeness (QED) is 0.869. The smallest absolute Gasteiger partial charge is 0.0677 e. The van der Waals surface area contributed by atoms with Crippen molar-refractivity contribution in [1.29, 1.82) is 0 Å². The summed E-state index contributed by atoms with van der Waals surface area (Å²) in [5.74, 6) is 0. The van der Waals surface area contributed by atoms with Crippen LogP contribution < -0.4 is 5.32 Å². The maximum absolute atomic E-state index is 4.29. The molecule has 0 unspecified atom stereocenters. The average molecular weight is 227 g/mol. The van der Waals surface area contributed by atoms with Crippen LogP contribution in [0.3, 0.4) is 0 Å². The van der Waals surface area contributed by atoms with E-state index in [1.165, 1.54) is 29.7 Å². The summed E-state index contributed by atoms with van der Waals surface area (Å²) in [6, 6.07) is 9.29. The van der Waals surface area contributed by atoms with E-state index < -0.39 is 0 Å². The Bertz CT molecular complexity index is 498. The summed E-state index contributed by atoms with van der Waals surface area (Å²) in [6.45, 7) is 3.08. The van der Waals surface area contributed by atoms with E-state index in [4.69, 9.17) is 0 Å². The number of aromatic nitrogens is 2. The van der Waals surface area contributed by atoms with Crippen LogP contribution in [-0.4, -0.2) is 15.8 Å². The van der Waals surface area contributed by atoms with Gasteiger partial charge in [0.1, 0.15) is 0 Å². The Morgan fingerprint density at radius 1 is 1.41 bits per heavy atom. The van der Waals surface area contributed by atoms with Gasteiger partial charge in [-0.1, -0.05) is 12.1 Å². The van der Waals surface area contributed by atoms with Gasteiger partial charge >= 0.3 is 0 Å². The van der Waals surface area contributed by atoms with Crippen LogP contribution in [0.5, 0.6) is 0 Å². The van der Waals surface area contributed by atoms with Crippen molar-refractivity contribution in [2.45, 2.75) is 32.4 Å². The third-order valence-electron chi connectivity index (χ3n) is 3.20. The van der Waals surface area contributed by atoms with Gasteiger partial charge in [0.2, 0.25) is 0 Å². The van der Waals surface area contributed by atoms with Crippen LogP contribution in [0.2, 0.25) is 0 Å². The topological polar surface area (TPSA) is 29.9 Å². The van der Waals surface area contributed by atoms with Gasteiger partial charge in [0.05, 0.1) is 5.69 Å². The zero-order valence-corrected chi connectivity index (χ0v) is 10.1. The minimum atomic E-state index is 0.754. The van der Waals surface area contributed by atoms with Gasteiger partial charge in [-0.05, 0) is 43.0 Å².